The largest absolute Gasteiger partial charge is 0.468 e. The van der Waals surface area contributed by atoms with Crippen molar-refractivity contribution in [3.63, 3.8) is 0 Å². The molecule has 2 fully saturated rings. The van der Waals surface area contributed by atoms with Crippen LogP contribution < -0.4 is 5.32 Å². The normalized spacial score (nSPS) is 24.8. The lowest BCUT2D eigenvalue weighted by molar-refractivity contribution is -0.143. The van der Waals surface area contributed by atoms with E-state index in [-0.39, 0.29) is 11.4 Å². The van der Waals surface area contributed by atoms with Gasteiger partial charge in [-0.2, -0.15) is 0 Å². The SMILES string of the molecule is COC(=O)C1(c2ccc(C3CCCNC3)cc2)CC1. The van der Waals surface area contributed by atoms with Crippen LogP contribution in [0.1, 0.15) is 42.7 Å². The Hall–Kier alpha value is -1.35. The minimum Gasteiger partial charge on any atom is -0.468 e. The number of piperidine rings is 1. The van der Waals surface area contributed by atoms with Gasteiger partial charge in [-0.05, 0) is 49.3 Å². The minimum atomic E-state index is -0.335. The third-order valence-corrected chi connectivity index (χ3v) is 4.56. The van der Waals surface area contributed by atoms with Gasteiger partial charge in [-0.3, -0.25) is 4.79 Å². The molecule has 3 nitrogen and oxygen atoms in total. The first-order chi connectivity index (χ1) is 9.26. The van der Waals surface area contributed by atoms with Crippen molar-refractivity contribution in [2.75, 3.05) is 20.2 Å². The Morgan fingerprint density at radius 2 is 2.05 bits per heavy atom. The van der Waals surface area contributed by atoms with Crippen molar-refractivity contribution in [3.8, 4) is 0 Å². The summed E-state index contributed by atoms with van der Waals surface area (Å²) < 4.78 is 4.93. The smallest absolute Gasteiger partial charge is 0.316 e. The van der Waals surface area contributed by atoms with Crippen LogP contribution in [0.5, 0.6) is 0 Å². The zero-order valence-electron chi connectivity index (χ0n) is 11.4. The number of ether oxygens (including phenoxy) is 1. The molecule has 1 heterocycles. The van der Waals surface area contributed by atoms with Gasteiger partial charge in [0.1, 0.15) is 0 Å². The fourth-order valence-electron chi connectivity index (χ4n) is 3.14. The molecule has 1 aromatic carbocycles. The third-order valence-electron chi connectivity index (χ3n) is 4.56. The van der Waals surface area contributed by atoms with Crippen molar-refractivity contribution in [2.45, 2.75) is 37.0 Å². The highest BCUT2D eigenvalue weighted by atomic mass is 16.5. The van der Waals surface area contributed by atoms with E-state index in [0.717, 1.165) is 31.5 Å². The number of methoxy groups -OCH3 is 1. The number of carbonyl (C=O) groups is 1. The third kappa shape index (κ3) is 2.27. The van der Waals surface area contributed by atoms with Crippen LogP contribution in [0, 0.1) is 0 Å². The Kier molecular flexibility index (Phi) is 3.31. The maximum Gasteiger partial charge on any atom is 0.316 e. The van der Waals surface area contributed by atoms with Crippen LogP contribution in [0.4, 0.5) is 0 Å². The summed E-state index contributed by atoms with van der Waals surface area (Å²) >= 11 is 0. The molecule has 19 heavy (non-hydrogen) atoms. The number of carbonyl (C=O) groups excluding carboxylic acids is 1. The minimum absolute atomic E-state index is 0.0837. The van der Waals surface area contributed by atoms with Crippen molar-refractivity contribution < 1.29 is 9.53 Å². The zero-order chi connectivity index (χ0) is 13.3. The summed E-state index contributed by atoms with van der Waals surface area (Å²) in [7, 11) is 1.48. The van der Waals surface area contributed by atoms with E-state index in [4.69, 9.17) is 4.74 Å². The van der Waals surface area contributed by atoms with Gasteiger partial charge in [0.05, 0.1) is 12.5 Å². The van der Waals surface area contributed by atoms with Crippen LogP contribution in [-0.4, -0.2) is 26.2 Å². The second kappa shape index (κ2) is 4.97. The number of nitrogens with one attached hydrogen (secondary N) is 1. The number of rotatable bonds is 3. The van der Waals surface area contributed by atoms with E-state index in [2.05, 4.69) is 29.6 Å². The van der Waals surface area contributed by atoms with Gasteiger partial charge in [0.15, 0.2) is 0 Å². The van der Waals surface area contributed by atoms with Gasteiger partial charge in [-0.1, -0.05) is 24.3 Å². The Bertz CT molecular complexity index is 456. The topological polar surface area (TPSA) is 38.3 Å². The van der Waals surface area contributed by atoms with Gasteiger partial charge >= 0.3 is 5.97 Å². The summed E-state index contributed by atoms with van der Waals surface area (Å²) in [6.07, 6.45) is 4.35. The second-order valence-corrected chi connectivity index (χ2v) is 5.74. The van der Waals surface area contributed by atoms with Crippen molar-refractivity contribution in [1.29, 1.82) is 0 Å². The predicted octanol–water partition coefficient (Wildman–Crippen LogP) is 2.36. The molecule has 1 saturated heterocycles. The molecule has 0 amide bonds. The molecule has 0 spiro atoms. The molecule has 0 radical (unpaired) electrons. The van der Waals surface area contributed by atoms with E-state index in [1.54, 1.807) is 0 Å². The zero-order valence-corrected chi connectivity index (χ0v) is 11.4. The van der Waals surface area contributed by atoms with Gasteiger partial charge in [0.25, 0.3) is 0 Å². The van der Waals surface area contributed by atoms with Crippen molar-refractivity contribution in [2.24, 2.45) is 0 Å². The van der Waals surface area contributed by atoms with Crippen molar-refractivity contribution >= 4 is 5.97 Å². The highest BCUT2D eigenvalue weighted by molar-refractivity contribution is 5.86. The number of hydrogen-bond acceptors (Lipinski definition) is 3. The predicted molar refractivity (Wildman–Crippen MR) is 74.2 cm³/mol. The van der Waals surface area contributed by atoms with Gasteiger partial charge < -0.3 is 10.1 Å². The quantitative estimate of drug-likeness (QED) is 0.847. The average molecular weight is 259 g/mol. The van der Waals surface area contributed by atoms with Crippen LogP contribution in [0.2, 0.25) is 0 Å². The Morgan fingerprint density at radius 3 is 2.58 bits per heavy atom. The molecule has 102 valence electrons. The van der Waals surface area contributed by atoms with E-state index >= 15 is 0 Å². The lowest BCUT2D eigenvalue weighted by Gasteiger charge is -2.23. The molecule has 0 aromatic heterocycles. The summed E-state index contributed by atoms with van der Waals surface area (Å²) in [5.74, 6) is 0.538. The van der Waals surface area contributed by atoms with Crippen LogP contribution in [-0.2, 0) is 14.9 Å². The lowest BCUT2D eigenvalue weighted by Crippen LogP contribution is -2.28. The van der Waals surface area contributed by atoms with Crippen molar-refractivity contribution in [3.05, 3.63) is 35.4 Å². The first-order valence-electron chi connectivity index (χ1n) is 7.16. The van der Waals surface area contributed by atoms with Crippen LogP contribution in [0.25, 0.3) is 0 Å². The van der Waals surface area contributed by atoms with E-state index in [0.29, 0.717) is 5.92 Å². The molecule has 2 aliphatic rings. The number of benzene rings is 1. The molecule has 1 aliphatic heterocycles. The summed E-state index contributed by atoms with van der Waals surface area (Å²) in [6, 6.07) is 8.62. The fraction of sp³-hybridized carbons (Fsp3) is 0.562. The van der Waals surface area contributed by atoms with Gasteiger partial charge in [0.2, 0.25) is 0 Å². The highest BCUT2D eigenvalue weighted by Gasteiger charge is 2.52. The fourth-order valence-corrected chi connectivity index (χ4v) is 3.14. The summed E-state index contributed by atoms with van der Waals surface area (Å²) in [5, 5.41) is 3.44. The van der Waals surface area contributed by atoms with E-state index < -0.39 is 0 Å². The monoisotopic (exact) mass is 259 g/mol. The van der Waals surface area contributed by atoms with Gasteiger partial charge in [-0.15, -0.1) is 0 Å². The molecule has 1 atom stereocenters. The number of esters is 1. The van der Waals surface area contributed by atoms with Crippen LogP contribution >= 0.6 is 0 Å². The summed E-state index contributed by atoms with van der Waals surface area (Å²) in [6.45, 7) is 2.21. The maximum atomic E-state index is 11.9. The highest BCUT2D eigenvalue weighted by Crippen LogP contribution is 2.49. The first kappa shape index (κ1) is 12.7. The Balaban J connectivity index is 1.77. The maximum absolute atomic E-state index is 11.9. The number of hydrogen-bond donors (Lipinski definition) is 1. The van der Waals surface area contributed by atoms with E-state index in [9.17, 15) is 4.79 Å². The van der Waals surface area contributed by atoms with E-state index in [1.165, 1.54) is 25.5 Å². The first-order valence-corrected chi connectivity index (χ1v) is 7.16. The summed E-state index contributed by atoms with van der Waals surface area (Å²) in [4.78, 5) is 11.9. The van der Waals surface area contributed by atoms with Crippen LogP contribution in [0.3, 0.4) is 0 Å². The molecule has 3 heteroatoms. The lowest BCUT2D eigenvalue weighted by atomic mass is 9.88. The standard InChI is InChI=1S/C16H21NO2/c1-19-15(18)16(8-9-16)14-6-4-12(5-7-14)13-3-2-10-17-11-13/h4-7,13,17H,2-3,8-11H2,1H3. The molecule has 0 bridgehead atoms. The molecule has 3 rings (SSSR count). The molecule has 1 saturated carbocycles. The second-order valence-electron chi connectivity index (χ2n) is 5.74. The van der Waals surface area contributed by atoms with Crippen molar-refractivity contribution in [1.82, 2.24) is 5.32 Å². The van der Waals surface area contributed by atoms with Crippen LogP contribution in [0.15, 0.2) is 24.3 Å². The Morgan fingerprint density at radius 1 is 1.32 bits per heavy atom. The molecule has 1 unspecified atom stereocenters. The summed E-state index contributed by atoms with van der Waals surface area (Å²) in [5.41, 5.74) is 2.17. The molecular formula is C16H21NO2. The van der Waals surface area contributed by atoms with E-state index in [1.807, 2.05) is 0 Å². The van der Waals surface area contributed by atoms with Gasteiger partial charge in [0, 0.05) is 6.54 Å². The van der Waals surface area contributed by atoms with Gasteiger partial charge in [-0.25, -0.2) is 0 Å². The Labute approximate surface area is 114 Å². The molecule has 1 aliphatic carbocycles. The molecular weight excluding hydrogens is 238 g/mol. The average Bonchev–Trinajstić information content (AvgIpc) is 3.29. The molecule has 1 aromatic rings. The molecule has 1 N–H and O–H groups in total.